The molecule has 5 heteroatoms. The van der Waals surface area contributed by atoms with Gasteiger partial charge in [0.05, 0.1) is 19.6 Å². The van der Waals surface area contributed by atoms with Gasteiger partial charge >= 0.3 is 11.9 Å². The van der Waals surface area contributed by atoms with Crippen LogP contribution in [0.3, 0.4) is 0 Å². The molecule has 0 fully saturated rings. The molecular weight excluding hydrogens is 224 g/mol. The second kappa shape index (κ2) is 10.1. The summed E-state index contributed by atoms with van der Waals surface area (Å²) in [5.41, 5.74) is 0. The highest BCUT2D eigenvalue weighted by molar-refractivity contribution is 5.81. The minimum Gasteiger partial charge on any atom is -0.466 e. The van der Waals surface area contributed by atoms with Gasteiger partial charge in [-0.1, -0.05) is 13.8 Å². The van der Waals surface area contributed by atoms with Gasteiger partial charge in [-0.3, -0.25) is 4.79 Å². The molecule has 0 saturated carbocycles. The van der Waals surface area contributed by atoms with Crippen LogP contribution in [0.4, 0.5) is 0 Å². The van der Waals surface area contributed by atoms with Crippen LogP contribution in [-0.4, -0.2) is 37.9 Å². The fraction of sp³-hybridized carbons (Fsp3) is 0.833. The Morgan fingerprint density at radius 3 is 2.12 bits per heavy atom. The normalized spacial score (nSPS) is 11.9. The third kappa shape index (κ3) is 7.74. The summed E-state index contributed by atoms with van der Waals surface area (Å²) in [4.78, 5) is 22.9. The summed E-state index contributed by atoms with van der Waals surface area (Å²) in [6, 6.07) is 0. The molecule has 1 atom stereocenters. The molecule has 0 N–H and O–H groups in total. The van der Waals surface area contributed by atoms with E-state index in [2.05, 4.69) is 0 Å². The highest BCUT2D eigenvalue weighted by Crippen LogP contribution is 2.04. The van der Waals surface area contributed by atoms with Crippen molar-refractivity contribution in [2.75, 3.05) is 19.8 Å². The maximum Gasteiger partial charge on any atom is 0.335 e. The van der Waals surface area contributed by atoms with Crippen molar-refractivity contribution in [1.82, 2.24) is 0 Å². The third-order valence-corrected chi connectivity index (χ3v) is 1.90. The molecule has 0 aliphatic heterocycles. The lowest BCUT2D eigenvalue weighted by Crippen LogP contribution is -2.30. The molecule has 0 aliphatic rings. The molecule has 0 saturated heterocycles. The van der Waals surface area contributed by atoms with E-state index in [4.69, 9.17) is 14.2 Å². The van der Waals surface area contributed by atoms with E-state index in [1.807, 2.05) is 13.8 Å². The molecule has 5 nitrogen and oxygen atoms in total. The maximum absolute atomic E-state index is 11.5. The fourth-order valence-electron chi connectivity index (χ4n) is 1.13. The van der Waals surface area contributed by atoms with Crippen molar-refractivity contribution in [3.05, 3.63) is 0 Å². The van der Waals surface area contributed by atoms with Crippen molar-refractivity contribution in [3.8, 4) is 0 Å². The molecule has 0 unspecified atom stereocenters. The number of rotatable bonds is 9. The lowest BCUT2D eigenvalue weighted by Gasteiger charge is -2.15. The van der Waals surface area contributed by atoms with Crippen molar-refractivity contribution >= 4 is 11.9 Å². The van der Waals surface area contributed by atoms with Crippen LogP contribution < -0.4 is 0 Å². The molecule has 0 amide bonds. The third-order valence-electron chi connectivity index (χ3n) is 1.90. The van der Waals surface area contributed by atoms with Gasteiger partial charge in [0.2, 0.25) is 0 Å². The Morgan fingerprint density at radius 2 is 1.59 bits per heavy atom. The molecule has 17 heavy (non-hydrogen) atoms. The molecule has 0 aromatic carbocycles. The lowest BCUT2D eigenvalue weighted by atomic mass is 10.2. The highest BCUT2D eigenvalue weighted by atomic mass is 16.6. The first-order chi connectivity index (χ1) is 8.15. The molecule has 0 rings (SSSR count). The van der Waals surface area contributed by atoms with Gasteiger partial charge in [0, 0.05) is 6.61 Å². The Bertz CT molecular complexity index is 227. The van der Waals surface area contributed by atoms with Gasteiger partial charge in [0.15, 0.2) is 6.10 Å². The summed E-state index contributed by atoms with van der Waals surface area (Å²) in [5, 5.41) is 0. The minimum absolute atomic E-state index is 0.0869. The van der Waals surface area contributed by atoms with E-state index in [1.165, 1.54) is 0 Å². The Morgan fingerprint density at radius 1 is 1.00 bits per heavy atom. The van der Waals surface area contributed by atoms with Crippen molar-refractivity contribution in [3.63, 3.8) is 0 Å². The Labute approximate surface area is 102 Å². The van der Waals surface area contributed by atoms with Crippen LogP contribution in [0.2, 0.25) is 0 Å². The van der Waals surface area contributed by atoms with Crippen molar-refractivity contribution in [2.24, 2.45) is 0 Å². The first kappa shape index (κ1) is 15.9. The first-order valence-electron chi connectivity index (χ1n) is 6.09. The van der Waals surface area contributed by atoms with Crippen LogP contribution in [0.5, 0.6) is 0 Å². The van der Waals surface area contributed by atoms with Crippen molar-refractivity contribution in [1.29, 1.82) is 0 Å². The Balaban J connectivity index is 4.12. The molecule has 0 aliphatic carbocycles. The van der Waals surface area contributed by atoms with Crippen molar-refractivity contribution in [2.45, 2.75) is 46.1 Å². The van der Waals surface area contributed by atoms with Crippen LogP contribution in [0.15, 0.2) is 0 Å². The average Bonchev–Trinajstić information content (AvgIpc) is 2.32. The van der Waals surface area contributed by atoms with Gasteiger partial charge in [-0.2, -0.15) is 0 Å². The molecule has 0 heterocycles. The zero-order valence-electron chi connectivity index (χ0n) is 10.9. The molecule has 0 spiro atoms. The van der Waals surface area contributed by atoms with E-state index in [0.29, 0.717) is 19.8 Å². The Hall–Kier alpha value is -1.10. The predicted octanol–water partition coefficient (Wildman–Crippen LogP) is 1.69. The largest absolute Gasteiger partial charge is 0.466 e. The van der Waals surface area contributed by atoms with Gasteiger partial charge in [-0.15, -0.1) is 0 Å². The highest BCUT2D eigenvalue weighted by Gasteiger charge is 2.24. The second-order valence-corrected chi connectivity index (χ2v) is 3.54. The van der Waals surface area contributed by atoms with E-state index < -0.39 is 18.0 Å². The van der Waals surface area contributed by atoms with Crippen LogP contribution in [0.1, 0.15) is 40.0 Å². The first-order valence-corrected chi connectivity index (χ1v) is 6.09. The van der Waals surface area contributed by atoms with Crippen LogP contribution in [0.25, 0.3) is 0 Å². The number of carbonyl (C=O) groups is 2. The van der Waals surface area contributed by atoms with Gasteiger partial charge in [-0.05, 0) is 19.8 Å². The molecular formula is C12H22O5. The van der Waals surface area contributed by atoms with Crippen LogP contribution in [0, 0.1) is 0 Å². The summed E-state index contributed by atoms with van der Waals surface area (Å²) in [6.07, 6.45) is 0.558. The maximum atomic E-state index is 11.5. The van der Waals surface area contributed by atoms with Gasteiger partial charge < -0.3 is 14.2 Å². The second-order valence-electron chi connectivity index (χ2n) is 3.54. The molecule has 0 aromatic heterocycles. The van der Waals surface area contributed by atoms with Gasteiger partial charge in [-0.25, -0.2) is 4.79 Å². The van der Waals surface area contributed by atoms with E-state index in [9.17, 15) is 9.59 Å². The monoisotopic (exact) mass is 246 g/mol. The zero-order chi connectivity index (χ0) is 13.1. The van der Waals surface area contributed by atoms with Gasteiger partial charge in [0.1, 0.15) is 0 Å². The summed E-state index contributed by atoms with van der Waals surface area (Å²) in [6.45, 7) is 6.62. The molecule has 100 valence electrons. The zero-order valence-corrected chi connectivity index (χ0v) is 10.9. The fourth-order valence-corrected chi connectivity index (χ4v) is 1.13. The standard InChI is InChI=1S/C12H22O5/c1-4-7-16-11(13)9-10(15-6-3)12(14)17-8-5-2/h10H,4-9H2,1-3H3/t10-/m1/s1. The van der Waals surface area contributed by atoms with Crippen LogP contribution >= 0.6 is 0 Å². The van der Waals surface area contributed by atoms with E-state index in [1.54, 1.807) is 6.92 Å². The minimum atomic E-state index is -0.851. The smallest absolute Gasteiger partial charge is 0.335 e. The number of hydrogen-bond acceptors (Lipinski definition) is 5. The van der Waals surface area contributed by atoms with Crippen molar-refractivity contribution < 1.29 is 23.8 Å². The number of carbonyl (C=O) groups excluding carboxylic acids is 2. The molecule has 0 aromatic rings. The number of esters is 2. The molecule has 0 bridgehead atoms. The van der Waals surface area contributed by atoms with Crippen LogP contribution in [-0.2, 0) is 23.8 Å². The Kier molecular flexibility index (Phi) is 9.43. The molecule has 0 radical (unpaired) electrons. The quantitative estimate of drug-likeness (QED) is 0.579. The number of ether oxygens (including phenoxy) is 3. The average molecular weight is 246 g/mol. The van der Waals surface area contributed by atoms with Gasteiger partial charge in [0.25, 0.3) is 0 Å². The summed E-state index contributed by atoms with van der Waals surface area (Å²) in [7, 11) is 0. The summed E-state index contributed by atoms with van der Waals surface area (Å²) >= 11 is 0. The SMILES string of the molecule is CCCOC(=O)C[C@@H](OCC)C(=O)OCCC. The number of hydrogen-bond donors (Lipinski definition) is 0. The van der Waals surface area contributed by atoms with E-state index >= 15 is 0 Å². The van der Waals surface area contributed by atoms with E-state index in [-0.39, 0.29) is 6.42 Å². The topological polar surface area (TPSA) is 61.8 Å². The van der Waals surface area contributed by atoms with E-state index in [0.717, 1.165) is 12.8 Å². The lowest BCUT2D eigenvalue weighted by molar-refractivity contribution is -0.163. The predicted molar refractivity (Wildman–Crippen MR) is 62.5 cm³/mol. The summed E-state index contributed by atoms with van der Waals surface area (Å²) in [5.74, 6) is -0.930. The summed E-state index contributed by atoms with van der Waals surface area (Å²) < 4.78 is 15.0.